The van der Waals surface area contributed by atoms with Crippen LogP contribution < -0.4 is 14.8 Å². The van der Waals surface area contributed by atoms with Crippen molar-refractivity contribution >= 4 is 17.3 Å². The molecule has 0 spiro atoms. The topological polar surface area (TPSA) is 30.5 Å². The third kappa shape index (κ3) is 5.58. The highest BCUT2D eigenvalue weighted by molar-refractivity contribution is 6.31. The van der Waals surface area contributed by atoms with Gasteiger partial charge in [0.15, 0.2) is 11.5 Å². The van der Waals surface area contributed by atoms with Crippen molar-refractivity contribution in [2.75, 3.05) is 11.9 Å². The summed E-state index contributed by atoms with van der Waals surface area (Å²) in [6.45, 7) is 9.62. The number of anilines is 1. The molecule has 4 heteroatoms. The SMILES string of the molecule is C=CCc1cc(CNc2cccc(Cl)c2C)cc(OCC)c1OCc1ccccc1. The molecule has 0 heterocycles. The first kappa shape index (κ1) is 21.8. The summed E-state index contributed by atoms with van der Waals surface area (Å²) < 4.78 is 12.1. The summed E-state index contributed by atoms with van der Waals surface area (Å²) >= 11 is 6.25. The molecule has 0 radical (unpaired) electrons. The van der Waals surface area contributed by atoms with E-state index in [1.165, 1.54) is 0 Å². The van der Waals surface area contributed by atoms with Gasteiger partial charge in [0.05, 0.1) is 6.61 Å². The summed E-state index contributed by atoms with van der Waals surface area (Å²) in [6, 6.07) is 20.2. The number of hydrogen-bond donors (Lipinski definition) is 1. The summed E-state index contributed by atoms with van der Waals surface area (Å²) in [4.78, 5) is 0. The van der Waals surface area contributed by atoms with Crippen molar-refractivity contribution in [1.82, 2.24) is 0 Å². The Labute approximate surface area is 184 Å². The molecular formula is C26H28ClNO2. The molecule has 3 nitrogen and oxygen atoms in total. The van der Waals surface area contributed by atoms with E-state index in [0.717, 1.165) is 44.5 Å². The summed E-state index contributed by atoms with van der Waals surface area (Å²) in [5, 5.41) is 4.24. The van der Waals surface area contributed by atoms with E-state index in [4.69, 9.17) is 21.1 Å². The molecule has 0 aliphatic rings. The third-order valence-corrected chi connectivity index (χ3v) is 5.24. The predicted molar refractivity (Wildman–Crippen MR) is 126 cm³/mol. The van der Waals surface area contributed by atoms with Crippen LogP contribution in [0.4, 0.5) is 5.69 Å². The monoisotopic (exact) mass is 421 g/mol. The van der Waals surface area contributed by atoms with Gasteiger partial charge in [-0.15, -0.1) is 6.58 Å². The third-order valence-electron chi connectivity index (χ3n) is 4.83. The van der Waals surface area contributed by atoms with Crippen LogP contribution in [0.5, 0.6) is 11.5 Å². The van der Waals surface area contributed by atoms with Crippen molar-refractivity contribution in [1.29, 1.82) is 0 Å². The maximum absolute atomic E-state index is 6.25. The smallest absolute Gasteiger partial charge is 0.165 e. The molecule has 3 rings (SSSR count). The summed E-state index contributed by atoms with van der Waals surface area (Å²) in [6.07, 6.45) is 2.59. The number of hydrogen-bond acceptors (Lipinski definition) is 3. The molecule has 3 aromatic rings. The van der Waals surface area contributed by atoms with E-state index in [-0.39, 0.29) is 0 Å². The lowest BCUT2D eigenvalue weighted by atomic mass is 10.0. The molecule has 1 N–H and O–H groups in total. The number of ether oxygens (including phenoxy) is 2. The number of benzene rings is 3. The molecule has 156 valence electrons. The molecule has 0 saturated carbocycles. The Bertz CT molecular complexity index is 986. The minimum Gasteiger partial charge on any atom is -0.490 e. The van der Waals surface area contributed by atoms with Gasteiger partial charge in [-0.1, -0.05) is 54.1 Å². The molecule has 0 bridgehead atoms. The quantitative estimate of drug-likeness (QED) is 0.358. The zero-order valence-electron chi connectivity index (χ0n) is 17.6. The highest BCUT2D eigenvalue weighted by Gasteiger charge is 2.14. The largest absolute Gasteiger partial charge is 0.490 e. The van der Waals surface area contributed by atoms with Crippen LogP contribution >= 0.6 is 11.6 Å². The maximum Gasteiger partial charge on any atom is 0.165 e. The Balaban J connectivity index is 1.85. The lowest BCUT2D eigenvalue weighted by molar-refractivity contribution is 0.267. The zero-order chi connectivity index (χ0) is 21.3. The second-order valence-electron chi connectivity index (χ2n) is 7.05. The second-order valence-corrected chi connectivity index (χ2v) is 7.46. The van der Waals surface area contributed by atoms with E-state index in [9.17, 15) is 0 Å². The van der Waals surface area contributed by atoms with Gasteiger partial charge < -0.3 is 14.8 Å². The molecule has 0 atom stereocenters. The lowest BCUT2D eigenvalue weighted by Crippen LogP contribution is -2.06. The Morgan fingerprint density at radius 2 is 1.80 bits per heavy atom. The Hall–Kier alpha value is -2.91. The first-order chi connectivity index (χ1) is 14.6. The summed E-state index contributed by atoms with van der Waals surface area (Å²) in [5.74, 6) is 1.54. The van der Waals surface area contributed by atoms with Gasteiger partial charge in [0, 0.05) is 22.8 Å². The Morgan fingerprint density at radius 3 is 2.53 bits per heavy atom. The normalized spacial score (nSPS) is 10.5. The summed E-state index contributed by atoms with van der Waals surface area (Å²) in [5.41, 5.74) is 5.35. The maximum atomic E-state index is 6.25. The van der Waals surface area contributed by atoms with Crippen LogP contribution in [0.1, 0.15) is 29.2 Å². The van der Waals surface area contributed by atoms with Gasteiger partial charge in [-0.05, 0) is 61.2 Å². The van der Waals surface area contributed by atoms with Crippen LogP contribution in [0.2, 0.25) is 5.02 Å². The molecule has 0 aromatic heterocycles. The van der Waals surface area contributed by atoms with Crippen molar-refractivity contribution in [2.45, 2.75) is 33.4 Å². The van der Waals surface area contributed by atoms with Crippen molar-refractivity contribution in [3.05, 3.63) is 101 Å². The van der Waals surface area contributed by atoms with Crippen LogP contribution in [-0.4, -0.2) is 6.61 Å². The highest BCUT2D eigenvalue weighted by Crippen LogP contribution is 2.35. The van der Waals surface area contributed by atoms with Crippen molar-refractivity contribution < 1.29 is 9.47 Å². The average molecular weight is 422 g/mol. The fraction of sp³-hybridized carbons (Fsp3) is 0.231. The van der Waals surface area contributed by atoms with Crippen molar-refractivity contribution in [3.8, 4) is 11.5 Å². The van der Waals surface area contributed by atoms with Gasteiger partial charge in [-0.25, -0.2) is 0 Å². The highest BCUT2D eigenvalue weighted by atomic mass is 35.5. The van der Waals surface area contributed by atoms with E-state index in [1.807, 2.05) is 62.4 Å². The molecule has 0 amide bonds. The molecule has 0 saturated heterocycles. The Morgan fingerprint density at radius 1 is 1.00 bits per heavy atom. The minimum atomic E-state index is 0.490. The number of rotatable bonds is 10. The fourth-order valence-corrected chi connectivity index (χ4v) is 3.46. The van der Waals surface area contributed by atoms with Crippen molar-refractivity contribution in [3.63, 3.8) is 0 Å². The van der Waals surface area contributed by atoms with E-state index in [0.29, 0.717) is 26.2 Å². The molecule has 30 heavy (non-hydrogen) atoms. The second kappa shape index (κ2) is 10.7. The first-order valence-corrected chi connectivity index (χ1v) is 10.5. The number of allylic oxidation sites excluding steroid dienone is 1. The van der Waals surface area contributed by atoms with Gasteiger partial charge in [0.2, 0.25) is 0 Å². The first-order valence-electron chi connectivity index (χ1n) is 10.2. The minimum absolute atomic E-state index is 0.490. The van der Waals surface area contributed by atoms with Gasteiger partial charge in [-0.2, -0.15) is 0 Å². The van der Waals surface area contributed by atoms with Gasteiger partial charge in [0.25, 0.3) is 0 Å². The summed E-state index contributed by atoms with van der Waals surface area (Å²) in [7, 11) is 0. The van der Waals surface area contributed by atoms with Gasteiger partial charge in [-0.3, -0.25) is 0 Å². The van der Waals surface area contributed by atoms with Crippen LogP contribution in [0.15, 0.2) is 73.3 Å². The van der Waals surface area contributed by atoms with Gasteiger partial charge >= 0.3 is 0 Å². The molecule has 0 fully saturated rings. The van der Waals surface area contributed by atoms with Crippen LogP contribution in [0.25, 0.3) is 0 Å². The van der Waals surface area contributed by atoms with E-state index >= 15 is 0 Å². The van der Waals surface area contributed by atoms with E-state index in [1.54, 1.807) is 0 Å². The molecule has 0 aliphatic heterocycles. The van der Waals surface area contributed by atoms with Crippen LogP contribution in [0.3, 0.4) is 0 Å². The molecule has 0 unspecified atom stereocenters. The standard InChI is InChI=1S/C26H28ClNO2/c1-4-10-22-15-21(17-28-24-14-9-13-23(27)19(24)3)16-25(29-5-2)26(22)30-18-20-11-7-6-8-12-20/h4,6-9,11-16,28H,1,5,10,17-18H2,2-3H3. The van der Waals surface area contributed by atoms with Crippen LogP contribution in [-0.2, 0) is 19.6 Å². The Kier molecular flexibility index (Phi) is 7.81. The van der Waals surface area contributed by atoms with Crippen LogP contribution in [0, 0.1) is 6.92 Å². The molecular weight excluding hydrogens is 394 g/mol. The zero-order valence-corrected chi connectivity index (χ0v) is 18.3. The fourth-order valence-electron chi connectivity index (χ4n) is 3.28. The molecule has 0 aliphatic carbocycles. The average Bonchev–Trinajstić information content (AvgIpc) is 2.75. The van der Waals surface area contributed by atoms with Gasteiger partial charge in [0.1, 0.15) is 6.61 Å². The van der Waals surface area contributed by atoms with Crippen molar-refractivity contribution in [2.24, 2.45) is 0 Å². The predicted octanol–water partition coefficient (Wildman–Crippen LogP) is 6.97. The van der Waals surface area contributed by atoms with E-state index in [2.05, 4.69) is 30.1 Å². The molecule has 3 aromatic carbocycles. The number of halogens is 1. The van der Waals surface area contributed by atoms with E-state index < -0.39 is 0 Å². The number of nitrogens with one attached hydrogen (secondary N) is 1. The lowest BCUT2D eigenvalue weighted by Gasteiger charge is -2.18.